The highest BCUT2D eigenvalue weighted by Crippen LogP contribution is 2.28. The van der Waals surface area contributed by atoms with E-state index in [0.717, 1.165) is 10.2 Å². The van der Waals surface area contributed by atoms with E-state index in [9.17, 15) is 9.59 Å². The molecule has 3 rings (SSSR count). The number of carbonyl (C=O) groups is 2. The minimum atomic E-state index is -0.440. The van der Waals surface area contributed by atoms with Crippen LogP contribution in [0.4, 0.5) is 10.8 Å². The molecule has 0 aliphatic rings. The van der Waals surface area contributed by atoms with Gasteiger partial charge in [-0.05, 0) is 48.6 Å². The number of nitrogens with one attached hydrogen (secondary N) is 3. The molecule has 7 nitrogen and oxygen atoms in total. The van der Waals surface area contributed by atoms with Crippen LogP contribution in [0, 0.1) is 0 Å². The van der Waals surface area contributed by atoms with Crippen LogP contribution in [0.3, 0.4) is 0 Å². The first-order chi connectivity index (χ1) is 13.9. The van der Waals surface area contributed by atoms with Crippen molar-refractivity contribution in [2.24, 2.45) is 0 Å². The molecule has 3 N–H and O–H groups in total. The minimum absolute atomic E-state index is 0.0947. The van der Waals surface area contributed by atoms with Crippen LogP contribution >= 0.6 is 35.2 Å². The normalized spacial score (nSPS) is 10.4. The quantitative estimate of drug-likeness (QED) is 0.500. The zero-order valence-corrected chi connectivity index (χ0v) is 17.9. The van der Waals surface area contributed by atoms with E-state index in [4.69, 9.17) is 28.6 Å². The Morgan fingerprint density at radius 3 is 2.72 bits per heavy atom. The topological polar surface area (TPSA) is 92.4 Å². The van der Waals surface area contributed by atoms with Gasteiger partial charge in [0.1, 0.15) is 5.75 Å². The second kappa shape index (κ2) is 9.17. The molecule has 0 saturated carbocycles. The predicted molar refractivity (Wildman–Crippen MR) is 120 cm³/mol. The molecule has 0 aliphatic carbocycles. The van der Waals surface area contributed by atoms with Crippen molar-refractivity contribution in [2.75, 3.05) is 17.7 Å². The monoisotopic (exact) mass is 448 g/mol. The summed E-state index contributed by atoms with van der Waals surface area (Å²) in [7, 11) is 1.47. The number of anilines is 2. The Morgan fingerprint density at radius 1 is 1.21 bits per heavy atom. The first kappa shape index (κ1) is 21.0. The molecule has 2 amide bonds. The number of nitrogens with zero attached hydrogens (tertiary/aromatic N) is 1. The highest BCUT2D eigenvalue weighted by molar-refractivity contribution is 7.80. The molecule has 0 radical (unpaired) electrons. The number of aromatic nitrogens is 1. The number of amides is 2. The van der Waals surface area contributed by atoms with Crippen molar-refractivity contribution in [3.05, 3.63) is 47.0 Å². The zero-order chi connectivity index (χ0) is 21.0. The van der Waals surface area contributed by atoms with E-state index in [0.29, 0.717) is 28.0 Å². The van der Waals surface area contributed by atoms with Gasteiger partial charge < -0.3 is 15.4 Å². The van der Waals surface area contributed by atoms with E-state index in [-0.39, 0.29) is 16.6 Å². The smallest absolute Gasteiger partial charge is 0.261 e. The maximum absolute atomic E-state index is 12.5. The van der Waals surface area contributed by atoms with Crippen molar-refractivity contribution >= 4 is 73.1 Å². The second-order valence-corrected chi connectivity index (χ2v) is 7.73. The molecule has 0 unspecified atom stereocenters. The summed E-state index contributed by atoms with van der Waals surface area (Å²) in [5.41, 5.74) is 1.71. The van der Waals surface area contributed by atoms with Crippen molar-refractivity contribution in [3.8, 4) is 5.75 Å². The van der Waals surface area contributed by atoms with Crippen LogP contribution in [0.25, 0.3) is 10.2 Å². The van der Waals surface area contributed by atoms with Gasteiger partial charge in [0, 0.05) is 17.1 Å². The number of fused-ring (bicyclic) bond motifs is 1. The minimum Gasteiger partial charge on any atom is -0.496 e. The van der Waals surface area contributed by atoms with Gasteiger partial charge in [-0.15, -0.1) is 0 Å². The van der Waals surface area contributed by atoms with E-state index >= 15 is 0 Å². The molecule has 1 heterocycles. The zero-order valence-electron chi connectivity index (χ0n) is 15.5. The highest BCUT2D eigenvalue weighted by Gasteiger charge is 2.15. The molecule has 150 valence electrons. The molecule has 0 fully saturated rings. The lowest BCUT2D eigenvalue weighted by Crippen LogP contribution is -2.34. The van der Waals surface area contributed by atoms with E-state index in [1.807, 2.05) is 6.07 Å². The largest absolute Gasteiger partial charge is 0.496 e. The molecule has 0 aliphatic heterocycles. The first-order valence-corrected chi connectivity index (χ1v) is 10.2. The van der Waals surface area contributed by atoms with Crippen molar-refractivity contribution in [1.82, 2.24) is 10.3 Å². The Morgan fingerprint density at radius 2 is 2.00 bits per heavy atom. The van der Waals surface area contributed by atoms with Crippen LogP contribution < -0.4 is 20.7 Å². The van der Waals surface area contributed by atoms with Gasteiger partial charge in [-0.1, -0.05) is 29.9 Å². The fraction of sp³-hybridized carbons (Fsp3) is 0.158. The Hall–Kier alpha value is -2.75. The molecule has 0 bridgehead atoms. The summed E-state index contributed by atoms with van der Waals surface area (Å²) in [6.45, 7) is 1.78. The Kier molecular flexibility index (Phi) is 6.63. The lowest BCUT2D eigenvalue weighted by atomic mass is 10.2. The van der Waals surface area contributed by atoms with E-state index in [1.54, 1.807) is 31.2 Å². The predicted octanol–water partition coefficient (Wildman–Crippen LogP) is 4.43. The first-order valence-electron chi connectivity index (χ1n) is 8.56. The number of thiocarbonyl (C=S) groups is 1. The average molecular weight is 449 g/mol. The molecule has 10 heteroatoms. The molecular weight excluding hydrogens is 432 g/mol. The van der Waals surface area contributed by atoms with Crippen molar-refractivity contribution < 1.29 is 14.3 Å². The Balaban J connectivity index is 1.70. The third-order valence-electron chi connectivity index (χ3n) is 3.85. The van der Waals surface area contributed by atoms with Gasteiger partial charge in [-0.2, -0.15) is 0 Å². The summed E-state index contributed by atoms with van der Waals surface area (Å²) in [5, 5.41) is 9.39. The molecule has 3 aromatic rings. The van der Waals surface area contributed by atoms with Crippen LogP contribution in [0.1, 0.15) is 23.7 Å². The van der Waals surface area contributed by atoms with E-state index in [1.165, 1.54) is 24.5 Å². The summed E-state index contributed by atoms with van der Waals surface area (Å²) in [6, 6.07) is 10.2. The number of rotatable bonds is 5. The SMILES string of the molecule is CCC(=O)Nc1nc2ccc(NC(=S)NC(=O)c3cc(Cl)ccc3OC)cc2s1. The van der Waals surface area contributed by atoms with Gasteiger partial charge in [0.05, 0.1) is 22.9 Å². The van der Waals surface area contributed by atoms with Gasteiger partial charge in [0.25, 0.3) is 5.91 Å². The average Bonchev–Trinajstić information content (AvgIpc) is 3.09. The third kappa shape index (κ3) is 5.20. The van der Waals surface area contributed by atoms with Crippen LogP contribution in [0.2, 0.25) is 5.02 Å². The number of hydrogen-bond donors (Lipinski definition) is 3. The molecule has 29 heavy (non-hydrogen) atoms. The molecule has 2 aromatic carbocycles. The van der Waals surface area contributed by atoms with Crippen LogP contribution in [-0.2, 0) is 4.79 Å². The van der Waals surface area contributed by atoms with Gasteiger partial charge in [-0.25, -0.2) is 4.98 Å². The summed E-state index contributed by atoms with van der Waals surface area (Å²) >= 11 is 12.6. The van der Waals surface area contributed by atoms with E-state index < -0.39 is 5.91 Å². The lowest BCUT2D eigenvalue weighted by molar-refractivity contribution is -0.115. The van der Waals surface area contributed by atoms with Crippen molar-refractivity contribution in [3.63, 3.8) is 0 Å². The number of ether oxygens (including phenoxy) is 1. The van der Waals surface area contributed by atoms with Crippen molar-refractivity contribution in [1.29, 1.82) is 0 Å². The maximum Gasteiger partial charge on any atom is 0.261 e. The third-order valence-corrected chi connectivity index (χ3v) is 5.22. The van der Waals surface area contributed by atoms with Crippen molar-refractivity contribution in [2.45, 2.75) is 13.3 Å². The number of carbonyl (C=O) groups excluding carboxylic acids is 2. The molecule has 0 spiro atoms. The molecule has 0 saturated heterocycles. The molecular formula is C19H17ClN4O3S2. The number of halogens is 1. The van der Waals surface area contributed by atoms with Gasteiger partial charge in [0.15, 0.2) is 10.2 Å². The Bertz CT molecular complexity index is 1100. The second-order valence-electron chi connectivity index (χ2n) is 5.86. The number of methoxy groups -OCH3 is 1. The van der Waals surface area contributed by atoms with Gasteiger partial charge in [-0.3, -0.25) is 14.9 Å². The van der Waals surface area contributed by atoms with Crippen LogP contribution in [0.15, 0.2) is 36.4 Å². The Labute approximate surface area is 181 Å². The highest BCUT2D eigenvalue weighted by atomic mass is 35.5. The fourth-order valence-corrected chi connectivity index (χ4v) is 3.76. The number of hydrogen-bond acceptors (Lipinski definition) is 6. The number of benzene rings is 2. The summed E-state index contributed by atoms with van der Waals surface area (Å²) in [6.07, 6.45) is 0.383. The maximum atomic E-state index is 12.5. The summed E-state index contributed by atoms with van der Waals surface area (Å²) in [5.74, 6) is -0.143. The van der Waals surface area contributed by atoms with Crippen LogP contribution in [0.5, 0.6) is 5.75 Å². The van der Waals surface area contributed by atoms with Crippen LogP contribution in [-0.4, -0.2) is 29.0 Å². The number of thiazole rings is 1. The van der Waals surface area contributed by atoms with E-state index in [2.05, 4.69) is 20.9 Å². The summed E-state index contributed by atoms with van der Waals surface area (Å²) in [4.78, 5) is 28.4. The summed E-state index contributed by atoms with van der Waals surface area (Å²) < 4.78 is 6.06. The lowest BCUT2D eigenvalue weighted by Gasteiger charge is -2.12. The molecule has 1 aromatic heterocycles. The fourth-order valence-electron chi connectivity index (χ4n) is 2.45. The van der Waals surface area contributed by atoms with Gasteiger partial charge in [0.2, 0.25) is 5.91 Å². The van der Waals surface area contributed by atoms with Gasteiger partial charge >= 0.3 is 0 Å². The standard InChI is InChI=1S/C19H17ClN4O3S2/c1-3-16(25)23-19-22-13-6-5-11(9-15(13)29-19)21-18(28)24-17(26)12-8-10(20)4-7-14(12)27-2/h4-9H,3H2,1-2H3,(H,22,23,25)(H2,21,24,26,28). The molecule has 0 atom stereocenters.